The molecule has 4 aliphatic carbocycles. The van der Waals surface area contributed by atoms with Crippen molar-refractivity contribution in [3.8, 4) is 0 Å². The summed E-state index contributed by atoms with van der Waals surface area (Å²) in [5, 5.41) is 2.72. The molecule has 27 heavy (non-hydrogen) atoms. The third-order valence-corrected chi connectivity index (χ3v) is 7.88. The molecule has 0 unspecified atom stereocenters. The van der Waals surface area contributed by atoms with Gasteiger partial charge in [0.2, 0.25) is 5.91 Å². The van der Waals surface area contributed by atoms with Crippen molar-refractivity contribution in [2.45, 2.75) is 44.9 Å². The summed E-state index contributed by atoms with van der Waals surface area (Å²) >= 11 is 4.57. The number of hydrogen-bond donors (Lipinski definition) is 3. The third-order valence-electron chi connectivity index (χ3n) is 6.26. The topological polar surface area (TPSA) is 87.3 Å². The lowest BCUT2D eigenvalue weighted by atomic mass is 9.49. The Bertz CT molecular complexity index is 728. The van der Waals surface area contributed by atoms with Crippen LogP contribution in [0.2, 0.25) is 0 Å². The van der Waals surface area contributed by atoms with E-state index in [1.165, 1.54) is 49.9 Å². The molecule has 3 amide bonds. The van der Waals surface area contributed by atoms with Crippen molar-refractivity contribution in [2.24, 2.45) is 23.2 Å². The standard InChI is InChI=1S/C19H24BrN3O3S/c20-15-2-1-14(27-15)18(26)23-22-17(25)10-21-16(24)9-19-6-11-3-12(7-19)5-13(4-11)8-19/h1-2,11-13H,3-10H2,(H,21,24)(H,22,25)(H,23,26). The number of amides is 3. The molecule has 5 rings (SSSR count). The van der Waals surface area contributed by atoms with E-state index in [1.54, 1.807) is 12.1 Å². The Labute approximate surface area is 171 Å². The van der Waals surface area contributed by atoms with Crippen molar-refractivity contribution in [3.05, 3.63) is 20.8 Å². The van der Waals surface area contributed by atoms with E-state index < -0.39 is 5.91 Å². The molecule has 0 spiro atoms. The highest BCUT2D eigenvalue weighted by Gasteiger charge is 2.51. The number of carbonyl (C=O) groups is 3. The second-order valence-corrected chi connectivity index (χ2v) is 10.9. The first kappa shape index (κ1) is 18.9. The van der Waals surface area contributed by atoms with Crippen molar-refractivity contribution in [1.82, 2.24) is 16.2 Å². The Morgan fingerprint density at radius 3 is 2.19 bits per heavy atom. The van der Waals surface area contributed by atoms with Crippen LogP contribution >= 0.6 is 27.3 Å². The maximum atomic E-state index is 12.4. The molecular weight excluding hydrogens is 430 g/mol. The predicted molar refractivity (Wildman–Crippen MR) is 106 cm³/mol. The van der Waals surface area contributed by atoms with Gasteiger partial charge in [0, 0.05) is 6.42 Å². The fourth-order valence-electron chi connectivity index (χ4n) is 5.76. The molecule has 8 heteroatoms. The Morgan fingerprint density at radius 2 is 1.63 bits per heavy atom. The fraction of sp³-hybridized carbons (Fsp3) is 0.632. The second kappa shape index (κ2) is 7.54. The molecule has 3 N–H and O–H groups in total. The number of hydrazine groups is 1. The van der Waals surface area contributed by atoms with Gasteiger partial charge >= 0.3 is 0 Å². The maximum absolute atomic E-state index is 12.4. The largest absolute Gasteiger partial charge is 0.347 e. The van der Waals surface area contributed by atoms with Crippen molar-refractivity contribution in [3.63, 3.8) is 0 Å². The number of hydrogen-bond acceptors (Lipinski definition) is 4. The van der Waals surface area contributed by atoms with E-state index in [0.717, 1.165) is 21.5 Å². The Hall–Kier alpha value is -1.41. The summed E-state index contributed by atoms with van der Waals surface area (Å²) in [5.74, 6) is 1.55. The van der Waals surface area contributed by atoms with E-state index in [0.29, 0.717) is 11.3 Å². The van der Waals surface area contributed by atoms with Crippen molar-refractivity contribution < 1.29 is 14.4 Å². The van der Waals surface area contributed by atoms with Gasteiger partial charge in [-0.1, -0.05) is 0 Å². The number of halogens is 1. The quantitative estimate of drug-likeness (QED) is 0.598. The van der Waals surface area contributed by atoms with E-state index in [9.17, 15) is 14.4 Å². The minimum atomic E-state index is -0.433. The van der Waals surface area contributed by atoms with Gasteiger partial charge in [0.05, 0.1) is 15.2 Å². The normalized spacial score (nSPS) is 30.8. The van der Waals surface area contributed by atoms with Crippen molar-refractivity contribution in [2.75, 3.05) is 6.54 Å². The minimum absolute atomic E-state index is 0.0550. The zero-order chi connectivity index (χ0) is 19.0. The number of carbonyl (C=O) groups excluding carboxylic acids is 3. The summed E-state index contributed by atoms with van der Waals surface area (Å²) < 4.78 is 0.843. The molecule has 4 fully saturated rings. The Kier molecular flexibility index (Phi) is 5.29. The fourth-order valence-corrected chi connectivity index (χ4v) is 7.04. The van der Waals surface area contributed by atoms with Gasteiger partial charge in [-0.3, -0.25) is 25.2 Å². The summed E-state index contributed by atoms with van der Waals surface area (Å²) in [5.41, 5.74) is 4.87. The van der Waals surface area contributed by atoms with E-state index in [2.05, 4.69) is 32.1 Å². The lowest BCUT2D eigenvalue weighted by Gasteiger charge is -2.56. The van der Waals surface area contributed by atoms with Gasteiger partial charge in [0.25, 0.3) is 11.8 Å². The SMILES string of the molecule is O=C(CC12CC3CC(CC(C3)C1)C2)NCC(=O)NNC(=O)c1ccc(Br)s1. The van der Waals surface area contributed by atoms with Crippen molar-refractivity contribution >= 4 is 45.0 Å². The molecule has 0 aromatic carbocycles. The Morgan fingerprint density at radius 1 is 1.00 bits per heavy atom. The monoisotopic (exact) mass is 453 g/mol. The van der Waals surface area contributed by atoms with Crippen LogP contribution < -0.4 is 16.2 Å². The highest BCUT2D eigenvalue weighted by atomic mass is 79.9. The van der Waals surface area contributed by atoms with Gasteiger partial charge < -0.3 is 5.32 Å². The molecule has 1 aromatic rings. The molecule has 1 heterocycles. The zero-order valence-electron chi connectivity index (χ0n) is 15.1. The molecule has 0 atom stereocenters. The van der Waals surface area contributed by atoms with Gasteiger partial charge in [0.1, 0.15) is 0 Å². The van der Waals surface area contributed by atoms with E-state index in [1.807, 2.05) is 0 Å². The van der Waals surface area contributed by atoms with Crippen LogP contribution in [0, 0.1) is 23.2 Å². The summed E-state index contributed by atoms with van der Waals surface area (Å²) in [4.78, 5) is 36.7. The molecule has 4 saturated carbocycles. The van der Waals surface area contributed by atoms with E-state index in [4.69, 9.17) is 0 Å². The molecule has 4 aliphatic rings. The van der Waals surface area contributed by atoms with Gasteiger partial charge in [-0.25, -0.2) is 0 Å². The van der Waals surface area contributed by atoms with Gasteiger partial charge in [0.15, 0.2) is 0 Å². The lowest BCUT2D eigenvalue weighted by molar-refractivity contribution is -0.132. The number of nitrogens with one attached hydrogen (secondary N) is 3. The summed E-state index contributed by atoms with van der Waals surface area (Å²) in [6, 6.07) is 3.44. The van der Waals surface area contributed by atoms with Crippen LogP contribution in [0.5, 0.6) is 0 Å². The van der Waals surface area contributed by atoms with Gasteiger partial charge in [-0.15, -0.1) is 11.3 Å². The first-order chi connectivity index (χ1) is 12.9. The molecule has 6 nitrogen and oxygen atoms in total. The van der Waals surface area contributed by atoms with E-state index in [-0.39, 0.29) is 23.8 Å². The highest BCUT2D eigenvalue weighted by Crippen LogP contribution is 2.61. The van der Waals surface area contributed by atoms with Gasteiger partial charge in [-0.05, 0) is 89.8 Å². The highest BCUT2D eigenvalue weighted by molar-refractivity contribution is 9.11. The predicted octanol–water partition coefficient (Wildman–Crippen LogP) is 2.99. The van der Waals surface area contributed by atoms with Crippen LogP contribution in [-0.2, 0) is 9.59 Å². The molecule has 0 saturated heterocycles. The average Bonchev–Trinajstić information content (AvgIpc) is 3.03. The molecule has 0 aliphatic heterocycles. The van der Waals surface area contributed by atoms with Crippen LogP contribution in [0.25, 0.3) is 0 Å². The molecule has 1 aromatic heterocycles. The number of thiophene rings is 1. The lowest BCUT2D eigenvalue weighted by Crippen LogP contribution is -2.49. The minimum Gasteiger partial charge on any atom is -0.347 e. The summed E-state index contributed by atoms with van der Waals surface area (Å²) in [6.07, 6.45) is 8.10. The van der Waals surface area contributed by atoms with E-state index >= 15 is 0 Å². The van der Waals surface area contributed by atoms with Crippen LogP contribution in [0.4, 0.5) is 0 Å². The van der Waals surface area contributed by atoms with Crippen LogP contribution in [0.15, 0.2) is 15.9 Å². The second-order valence-electron chi connectivity index (χ2n) is 8.48. The van der Waals surface area contributed by atoms with Crippen molar-refractivity contribution in [1.29, 1.82) is 0 Å². The maximum Gasteiger partial charge on any atom is 0.279 e. The van der Waals surface area contributed by atoms with Crippen LogP contribution in [0.1, 0.15) is 54.6 Å². The smallest absolute Gasteiger partial charge is 0.279 e. The zero-order valence-corrected chi connectivity index (χ0v) is 17.5. The summed E-state index contributed by atoms with van der Waals surface area (Å²) in [6.45, 7) is -0.125. The molecule has 146 valence electrons. The average molecular weight is 454 g/mol. The van der Waals surface area contributed by atoms with Crippen LogP contribution in [-0.4, -0.2) is 24.3 Å². The first-order valence-electron chi connectivity index (χ1n) is 9.52. The number of rotatable bonds is 5. The molecular formula is C19H24BrN3O3S. The van der Waals surface area contributed by atoms with Gasteiger partial charge in [-0.2, -0.15) is 0 Å². The first-order valence-corrected chi connectivity index (χ1v) is 11.1. The molecule has 4 bridgehead atoms. The van der Waals surface area contributed by atoms with Crippen LogP contribution in [0.3, 0.4) is 0 Å². The Balaban J connectivity index is 1.20. The summed E-state index contributed by atoms with van der Waals surface area (Å²) in [7, 11) is 0. The molecule has 0 radical (unpaired) electrons. The third kappa shape index (κ3) is 4.37.